The van der Waals surface area contributed by atoms with Crippen molar-refractivity contribution in [3.05, 3.63) is 113 Å². The van der Waals surface area contributed by atoms with E-state index in [1.165, 1.54) is 4.90 Å². The van der Waals surface area contributed by atoms with Gasteiger partial charge in [0.2, 0.25) is 0 Å². The Kier molecular flexibility index (Phi) is 8.22. The van der Waals surface area contributed by atoms with Crippen molar-refractivity contribution in [1.29, 1.82) is 0 Å². The molecule has 4 aromatic rings. The fraction of sp³-hybridized carbons (Fsp3) is 0.281. The molecule has 196 valence electrons. The topological polar surface area (TPSA) is 82.1 Å². The Morgan fingerprint density at radius 1 is 0.895 bits per heavy atom. The Labute approximate surface area is 223 Å². The van der Waals surface area contributed by atoms with Crippen molar-refractivity contribution in [3.63, 3.8) is 0 Å². The number of carbonyl (C=O) groups is 1. The van der Waals surface area contributed by atoms with Crippen molar-refractivity contribution in [2.75, 3.05) is 19.7 Å². The lowest BCUT2D eigenvalue weighted by Gasteiger charge is -2.40. The number of amides is 1. The van der Waals surface area contributed by atoms with Gasteiger partial charge in [-0.3, -0.25) is 0 Å². The summed E-state index contributed by atoms with van der Waals surface area (Å²) in [5, 5.41) is 23.0. The van der Waals surface area contributed by atoms with Crippen LogP contribution < -0.4 is 9.84 Å². The van der Waals surface area contributed by atoms with E-state index >= 15 is 0 Å². The quantitative estimate of drug-likeness (QED) is 0.354. The number of hydrogen-bond acceptors (Lipinski definition) is 5. The zero-order valence-corrected chi connectivity index (χ0v) is 21.3. The molecule has 1 fully saturated rings. The maximum absolute atomic E-state index is 11.6. The van der Waals surface area contributed by atoms with Crippen LogP contribution in [0.1, 0.15) is 34.6 Å². The molecule has 0 spiro atoms. The number of benzene rings is 4. The second-order valence-corrected chi connectivity index (χ2v) is 9.76. The lowest BCUT2D eigenvalue weighted by Crippen LogP contribution is -2.51. The van der Waals surface area contributed by atoms with Gasteiger partial charge in [-0.2, -0.15) is 0 Å². The third-order valence-corrected chi connectivity index (χ3v) is 7.21. The largest absolute Gasteiger partial charge is 0.530 e. The van der Waals surface area contributed by atoms with Crippen LogP contribution in [0.5, 0.6) is 5.75 Å². The molecule has 5 rings (SSSR count). The van der Waals surface area contributed by atoms with Crippen LogP contribution in [0.3, 0.4) is 0 Å². The van der Waals surface area contributed by atoms with Crippen LogP contribution >= 0.6 is 0 Å². The fourth-order valence-corrected chi connectivity index (χ4v) is 5.17. The summed E-state index contributed by atoms with van der Waals surface area (Å²) < 4.78 is 12.7. The van der Waals surface area contributed by atoms with Gasteiger partial charge in [0, 0.05) is 31.0 Å². The van der Waals surface area contributed by atoms with Gasteiger partial charge in [0.25, 0.3) is 0 Å². The maximum atomic E-state index is 11.6. The first kappa shape index (κ1) is 25.8. The Hall–Kier alpha value is -3.87. The summed E-state index contributed by atoms with van der Waals surface area (Å²) in [6.45, 7) is 1.58. The van der Waals surface area contributed by atoms with Gasteiger partial charge in [-0.15, -0.1) is 0 Å². The molecule has 6 nitrogen and oxygen atoms in total. The summed E-state index contributed by atoms with van der Waals surface area (Å²) >= 11 is 0. The Bertz CT molecular complexity index is 1360. The number of hydrogen-bond donors (Lipinski definition) is 1. The smallest absolute Gasteiger partial charge is 0.137 e. The van der Waals surface area contributed by atoms with Crippen molar-refractivity contribution >= 4 is 16.9 Å². The highest BCUT2D eigenvalue weighted by atomic mass is 16.5. The molecule has 0 radical (unpaired) electrons. The van der Waals surface area contributed by atoms with Gasteiger partial charge in [0.05, 0.1) is 12.7 Å². The third kappa shape index (κ3) is 6.15. The van der Waals surface area contributed by atoms with Crippen LogP contribution in [-0.4, -0.2) is 41.9 Å². The second-order valence-electron chi connectivity index (χ2n) is 9.76. The maximum Gasteiger partial charge on any atom is 0.137 e. The predicted molar refractivity (Wildman–Crippen MR) is 145 cm³/mol. The molecule has 1 amide bonds. The molecule has 0 aromatic heterocycles. The molecular weight excluding hydrogens is 478 g/mol. The Balaban J connectivity index is 1.36. The van der Waals surface area contributed by atoms with Crippen LogP contribution in [0.25, 0.3) is 10.8 Å². The summed E-state index contributed by atoms with van der Waals surface area (Å²) in [6, 6.07) is 30.5. The zero-order valence-electron chi connectivity index (χ0n) is 21.3. The molecule has 0 aliphatic carbocycles. The van der Waals surface area contributed by atoms with Gasteiger partial charge in [-0.05, 0) is 52.6 Å². The van der Waals surface area contributed by atoms with E-state index in [2.05, 4.69) is 30.3 Å². The van der Waals surface area contributed by atoms with E-state index in [9.17, 15) is 15.0 Å². The number of carbonyl (C=O) groups excluding carboxylic acids is 1. The summed E-state index contributed by atoms with van der Waals surface area (Å²) in [6.07, 6.45) is -0.218. The lowest BCUT2D eigenvalue weighted by atomic mass is 9.86. The number of piperidine rings is 1. The number of ether oxygens (including phenoxy) is 2. The first-order chi connectivity index (χ1) is 18.6. The third-order valence-electron chi connectivity index (χ3n) is 7.21. The van der Waals surface area contributed by atoms with E-state index in [0.29, 0.717) is 32.6 Å². The Morgan fingerprint density at radius 3 is 2.42 bits per heavy atom. The van der Waals surface area contributed by atoms with Crippen molar-refractivity contribution in [3.8, 4) is 5.75 Å². The normalized spacial score (nSPS) is 17.4. The SMILES string of the molecule is O=C([O-])N1CCC(c2ccc(CCO)cc2)C(OCc2cc(OCc3ccccc3)c3ccccc3c2)C1. The number of aliphatic hydroxyl groups is 1. The fourth-order valence-electron chi connectivity index (χ4n) is 5.17. The van der Waals surface area contributed by atoms with E-state index in [-0.39, 0.29) is 25.2 Å². The highest BCUT2D eigenvalue weighted by Gasteiger charge is 2.31. The van der Waals surface area contributed by atoms with Gasteiger partial charge < -0.3 is 29.4 Å². The monoisotopic (exact) mass is 510 g/mol. The van der Waals surface area contributed by atoms with E-state index in [4.69, 9.17) is 9.47 Å². The second kappa shape index (κ2) is 12.1. The van der Waals surface area contributed by atoms with Gasteiger partial charge in [-0.1, -0.05) is 78.9 Å². The molecule has 1 N–H and O–H groups in total. The molecule has 2 unspecified atom stereocenters. The summed E-state index contributed by atoms with van der Waals surface area (Å²) in [7, 11) is 0. The van der Waals surface area contributed by atoms with Crippen molar-refractivity contribution < 1.29 is 24.5 Å². The molecule has 4 aromatic carbocycles. The molecule has 6 heteroatoms. The van der Waals surface area contributed by atoms with E-state index < -0.39 is 6.09 Å². The van der Waals surface area contributed by atoms with Gasteiger partial charge in [-0.25, -0.2) is 0 Å². The van der Waals surface area contributed by atoms with Crippen molar-refractivity contribution in [2.45, 2.75) is 38.1 Å². The predicted octanol–water partition coefficient (Wildman–Crippen LogP) is 4.67. The number of rotatable bonds is 9. The average Bonchev–Trinajstić information content (AvgIpc) is 2.96. The van der Waals surface area contributed by atoms with Crippen LogP contribution in [0, 0.1) is 0 Å². The van der Waals surface area contributed by atoms with Crippen LogP contribution in [0.2, 0.25) is 0 Å². The number of nitrogens with zero attached hydrogens (tertiary/aromatic N) is 1. The highest BCUT2D eigenvalue weighted by molar-refractivity contribution is 5.89. The van der Waals surface area contributed by atoms with E-state index in [0.717, 1.165) is 38.8 Å². The van der Waals surface area contributed by atoms with Crippen LogP contribution in [0.4, 0.5) is 4.79 Å². The number of aliphatic hydroxyl groups excluding tert-OH is 1. The van der Waals surface area contributed by atoms with Gasteiger partial charge in [0.15, 0.2) is 0 Å². The number of likely N-dealkylation sites (tertiary alicyclic amines) is 1. The number of fused-ring (bicyclic) bond motifs is 1. The van der Waals surface area contributed by atoms with Crippen molar-refractivity contribution in [2.24, 2.45) is 0 Å². The lowest BCUT2D eigenvalue weighted by molar-refractivity contribution is -0.268. The molecule has 1 heterocycles. The van der Waals surface area contributed by atoms with Crippen LogP contribution in [0.15, 0.2) is 91.0 Å². The molecule has 1 saturated heterocycles. The Morgan fingerprint density at radius 2 is 1.66 bits per heavy atom. The molecular formula is C32H32NO5-. The van der Waals surface area contributed by atoms with Gasteiger partial charge in [0.1, 0.15) is 18.4 Å². The molecule has 0 saturated carbocycles. The van der Waals surface area contributed by atoms with Crippen LogP contribution in [-0.2, 0) is 24.4 Å². The zero-order chi connectivity index (χ0) is 26.3. The average molecular weight is 511 g/mol. The summed E-state index contributed by atoms with van der Waals surface area (Å²) in [5.41, 5.74) is 4.24. The summed E-state index contributed by atoms with van der Waals surface area (Å²) in [5.74, 6) is 0.851. The highest BCUT2D eigenvalue weighted by Crippen LogP contribution is 2.33. The first-order valence-electron chi connectivity index (χ1n) is 13.1. The number of carboxylic acid groups (broad SMARTS) is 1. The minimum Gasteiger partial charge on any atom is -0.530 e. The molecule has 38 heavy (non-hydrogen) atoms. The minimum atomic E-state index is -1.17. The van der Waals surface area contributed by atoms with Gasteiger partial charge >= 0.3 is 0 Å². The van der Waals surface area contributed by atoms with E-state index in [1.807, 2.05) is 60.7 Å². The summed E-state index contributed by atoms with van der Waals surface area (Å²) in [4.78, 5) is 13.0. The van der Waals surface area contributed by atoms with E-state index in [1.54, 1.807) is 0 Å². The first-order valence-corrected chi connectivity index (χ1v) is 13.1. The molecule has 1 aliphatic heterocycles. The molecule has 1 aliphatic rings. The van der Waals surface area contributed by atoms with Crippen molar-refractivity contribution in [1.82, 2.24) is 4.90 Å². The minimum absolute atomic E-state index is 0.0584. The standard InChI is InChI=1S/C32H33NO5/c34-17-15-23-10-12-26(13-11-23)29-14-16-33(32(35)36)20-31(29)38-22-25-18-27-8-4-5-9-28(27)30(19-25)37-21-24-6-2-1-3-7-24/h1-13,18-19,29,31,34H,14-17,20-22H2,(H,35,36)/p-1. The molecule has 2 atom stereocenters. The molecule has 0 bridgehead atoms.